The number of nitrogens with zero attached hydrogens (tertiary/aromatic N) is 4. The zero-order valence-corrected chi connectivity index (χ0v) is 54.2. The van der Waals surface area contributed by atoms with Crippen molar-refractivity contribution in [1.29, 1.82) is 0 Å². The molecule has 0 fully saturated rings. The van der Waals surface area contributed by atoms with Gasteiger partial charge >= 0.3 is 0 Å². The Bertz CT molecular complexity index is 1260. The molecule has 78 heavy (non-hydrogen) atoms. The Balaban J connectivity index is 6.66. The van der Waals surface area contributed by atoms with Crippen molar-refractivity contribution in [2.75, 3.05) is 60.9 Å². The van der Waals surface area contributed by atoms with E-state index in [1.807, 2.05) is 0 Å². The zero-order chi connectivity index (χ0) is 57.4. The lowest BCUT2D eigenvalue weighted by Crippen LogP contribution is -2.65. The number of hydrogen-bond donors (Lipinski definition) is 0. The molecule has 0 N–H and O–H groups in total. The molecule has 8 heteroatoms. The zero-order valence-electron chi connectivity index (χ0n) is 54.2. The van der Waals surface area contributed by atoms with Crippen molar-refractivity contribution in [3.05, 3.63) is 0 Å². The highest BCUT2D eigenvalue weighted by Crippen LogP contribution is 2.32. The van der Waals surface area contributed by atoms with Gasteiger partial charge in [-0.1, -0.05) is 285 Å². The van der Waals surface area contributed by atoms with Crippen molar-refractivity contribution in [2.45, 2.75) is 367 Å². The van der Waals surface area contributed by atoms with Crippen LogP contribution in [0.3, 0.4) is 0 Å². The number of imide groups is 1. The molecule has 0 saturated heterocycles. The predicted molar refractivity (Wildman–Crippen MR) is 341 cm³/mol. The van der Waals surface area contributed by atoms with Gasteiger partial charge in [-0.05, 0) is 106 Å². The molecular weight excluding hydrogens is 961 g/mol. The summed E-state index contributed by atoms with van der Waals surface area (Å²) in [5.74, 6) is -0.894. The average Bonchev–Trinajstić information content (AvgIpc) is 3.42. The van der Waals surface area contributed by atoms with E-state index in [1.54, 1.807) is 0 Å². The van der Waals surface area contributed by atoms with E-state index in [-0.39, 0.29) is 55.5 Å². The number of Topliss-reactive ketones (excluding diaryl/α,β-unsaturated/α-hetero) is 2. The Morgan fingerprint density at radius 2 is 0.487 bits per heavy atom. The van der Waals surface area contributed by atoms with Crippen LogP contribution in [0.25, 0.3) is 0 Å². The average molecular weight is 1100 g/mol. The Morgan fingerprint density at radius 1 is 0.256 bits per heavy atom. The Hall–Kier alpha value is -1.64. The number of rotatable bonds is 63. The van der Waals surface area contributed by atoms with Crippen LogP contribution in [0.2, 0.25) is 0 Å². The molecule has 0 radical (unpaired) electrons. The molecule has 462 valence electrons. The predicted octanol–water partition coefficient (Wildman–Crippen LogP) is 20.0. The summed E-state index contributed by atoms with van der Waals surface area (Å²) < 4.78 is 0. The summed E-state index contributed by atoms with van der Waals surface area (Å²) in [6, 6.07) is 0. The van der Waals surface area contributed by atoms with Gasteiger partial charge in [0.05, 0.1) is 0 Å². The molecule has 2 amide bonds. The lowest BCUT2D eigenvalue weighted by atomic mass is 9.78. The largest absolute Gasteiger partial charge is 0.309 e. The summed E-state index contributed by atoms with van der Waals surface area (Å²) in [6.07, 6.45) is 56.2. The van der Waals surface area contributed by atoms with E-state index in [9.17, 15) is 0 Å². The van der Waals surface area contributed by atoms with Crippen LogP contribution in [0, 0.1) is 0 Å². The molecule has 0 aliphatic rings. The Labute approximate surface area is 488 Å². The van der Waals surface area contributed by atoms with Gasteiger partial charge in [0.15, 0.2) is 17.1 Å². The van der Waals surface area contributed by atoms with Gasteiger partial charge in [-0.2, -0.15) is 0 Å². The molecule has 0 aromatic heterocycles. The van der Waals surface area contributed by atoms with Crippen LogP contribution in [0.4, 0.5) is 0 Å². The van der Waals surface area contributed by atoms with Gasteiger partial charge in [0, 0.05) is 32.2 Å². The van der Waals surface area contributed by atoms with E-state index >= 15 is 19.2 Å². The first-order chi connectivity index (χ1) is 38.0. The van der Waals surface area contributed by atoms with E-state index in [4.69, 9.17) is 0 Å². The van der Waals surface area contributed by atoms with Gasteiger partial charge < -0.3 is 14.7 Å². The van der Waals surface area contributed by atoms with Gasteiger partial charge in [0.2, 0.25) is 11.8 Å². The van der Waals surface area contributed by atoms with Crippen molar-refractivity contribution >= 4 is 23.4 Å². The van der Waals surface area contributed by atoms with E-state index in [1.165, 1.54) is 210 Å². The topological polar surface area (TPSA) is 81.2 Å². The Morgan fingerprint density at radius 3 is 0.756 bits per heavy atom. The molecular formula is C70H138N4O4. The minimum absolute atomic E-state index is 0.168. The summed E-state index contributed by atoms with van der Waals surface area (Å²) >= 11 is 0. The minimum Gasteiger partial charge on any atom is -0.309 e. The monoisotopic (exact) mass is 1100 g/mol. The molecule has 0 saturated carbocycles. The molecule has 0 aromatic rings. The van der Waals surface area contributed by atoms with Crippen LogP contribution >= 0.6 is 0 Å². The van der Waals surface area contributed by atoms with Crippen LogP contribution in [-0.2, 0) is 19.2 Å². The molecule has 0 unspecified atom stereocenters. The Kier molecular flexibility index (Phi) is 56.0. The van der Waals surface area contributed by atoms with E-state index in [2.05, 4.69) is 70.6 Å². The summed E-state index contributed by atoms with van der Waals surface area (Å²) in [5, 5.41) is 0. The fourth-order valence-corrected chi connectivity index (χ4v) is 11.8. The van der Waals surface area contributed by atoms with Crippen LogP contribution < -0.4 is 0 Å². The molecule has 0 rings (SSSR count). The highest BCUT2D eigenvalue weighted by atomic mass is 16.2. The number of hydrogen-bond acceptors (Lipinski definition) is 7. The number of carbonyl (C=O) groups excluding carboxylic acids is 4. The number of carbonyl (C=O) groups is 4. The van der Waals surface area contributed by atoms with Crippen molar-refractivity contribution in [3.8, 4) is 0 Å². The molecule has 0 aliphatic carbocycles. The van der Waals surface area contributed by atoms with Crippen LogP contribution in [0.5, 0.6) is 0 Å². The third-order valence-electron chi connectivity index (χ3n) is 17.1. The molecule has 0 bridgehead atoms. The maximum Gasteiger partial charge on any atom is 0.230 e. The maximum absolute atomic E-state index is 15.5. The van der Waals surface area contributed by atoms with Crippen molar-refractivity contribution in [3.63, 3.8) is 0 Å². The molecule has 0 aromatic carbocycles. The van der Waals surface area contributed by atoms with Crippen LogP contribution in [0.15, 0.2) is 0 Å². The van der Waals surface area contributed by atoms with Crippen LogP contribution in [-0.4, -0.2) is 109 Å². The second-order valence-electron chi connectivity index (χ2n) is 25.2. The van der Waals surface area contributed by atoms with Gasteiger partial charge in [-0.25, -0.2) is 0 Å². The van der Waals surface area contributed by atoms with Crippen molar-refractivity contribution in [2.24, 2.45) is 0 Å². The van der Waals surface area contributed by atoms with Crippen LogP contribution in [0.1, 0.15) is 362 Å². The third-order valence-corrected chi connectivity index (χ3v) is 17.1. The number of unbranched alkanes of at least 4 members (excludes halogenated alkanes) is 41. The second kappa shape index (κ2) is 57.2. The van der Waals surface area contributed by atoms with E-state index < -0.39 is 5.54 Å². The van der Waals surface area contributed by atoms with Crippen molar-refractivity contribution < 1.29 is 19.2 Å². The first-order valence-electron chi connectivity index (χ1n) is 35.0. The molecule has 0 atom stereocenters. The highest BCUT2D eigenvalue weighted by molar-refractivity contribution is 6.17. The maximum atomic E-state index is 15.5. The standard InChI is InChI=1S/C70H138N4O4/c1-9-13-17-21-25-29-33-37-41-45-49-56-66(75)70(67(76)57-50-46-42-38-34-30-26-22-18-14-10-2,60-65-73(8)63-54-53-62-72(7)64-55-61-71(5)6)74(68(77)58-51-47-43-39-35-31-27-23-19-15-11-3)69(78)59-52-48-44-40-36-32-28-24-20-16-12-4/h9-65H2,1-8H3. The van der Waals surface area contributed by atoms with E-state index in [0.717, 1.165) is 96.8 Å². The van der Waals surface area contributed by atoms with Gasteiger partial charge in [0.25, 0.3) is 0 Å². The van der Waals surface area contributed by atoms with Gasteiger partial charge in [-0.3, -0.25) is 24.1 Å². The number of amides is 2. The minimum atomic E-state index is -1.75. The third kappa shape index (κ3) is 44.0. The molecule has 0 aliphatic heterocycles. The summed E-state index contributed by atoms with van der Waals surface area (Å²) in [5.41, 5.74) is -1.75. The van der Waals surface area contributed by atoms with Crippen molar-refractivity contribution in [1.82, 2.24) is 19.6 Å². The first-order valence-corrected chi connectivity index (χ1v) is 35.0. The first kappa shape index (κ1) is 76.4. The lowest BCUT2D eigenvalue weighted by Gasteiger charge is -2.41. The summed E-state index contributed by atoms with van der Waals surface area (Å²) in [7, 11) is 8.59. The highest BCUT2D eigenvalue weighted by Gasteiger charge is 2.53. The SMILES string of the molecule is CCCCCCCCCCCCCC(=O)N(C(=O)CCCCCCCCCCCCC)C(CCN(C)CCCCN(C)CCCN(C)C)(C(=O)CCCCCCCCCCCCC)C(=O)CCCCCCCCCCCCC. The molecule has 8 nitrogen and oxygen atoms in total. The summed E-state index contributed by atoms with van der Waals surface area (Å²) in [4.78, 5) is 69.6. The number of ketones is 2. The smallest absolute Gasteiger partial charge is 0.230 e. The van der Waals surface area contributed by atoms with Gasteiger partial charge in [0.1, 0.15) is 0 Å². The quantitative estimate of drug-likeness (QED) is 0.0443. The van der Waals surface area contributed by atoms with Gasteiger partial charge in [-0.15, -0.1) is 0 Å². The fourth-order valence-electron chi connectivity index (χ4n) is 11.8. The van der Waals surface area contributed by atoms with E-state index in [0.29, 0.717) is 32.2 Å². The molecule has 0 spiro atoms. The second-order valence-corrected chi connectivity index (χ2v) is 25.2. The molecule has 0 heterocycles. The fraction of sp³-hybridized carbons (Fsp3) is 0.943. The summed E-state index contributed by atoms with van der Waals surface area (Å²) in [6.45, 7) is 13.6. The normalized spacial score (nSPS) is 12.0. The lowest BCUT2D eigenvalue weighted by molar-refractivity contribution is -0.164.